The molecule has 138 valence electrons. The van der Waals surface area contributed by atoms with Crippen LogP contribution >= 0.6 is 11.6 Å². The summed E-state index contributed by atoms with van der Waals surface area (Å²) in [5.41, 5.74) is -1.79. The molecule has 0 unspecified atom stereocenters. The minimum Gasteiger partial charge on any atom is -0.460 e. The molecule has 0 bridgehead atoms. The summed E-state index contributed by atoms with van der Waals surface area (Å²) in [4.78, 5) is 45.3. The smallest absolute Gasteiger partial charge is 0.306 e. The molecule has 0 fully saturated rings. The van der Waals surface area contributed by atoms with Crippen molar-refractivity contribution in [2.24, 2.45) is 0 Å². The van der Waals surface area contributed by atoms with Gasteiger partial charge in [-0.1, -0.05) is 0 Å². The highest BCUT2D eigenvalue weighted by molar-refractivity contribution is 6.63. The first-order chi connectivity index (χ1) is 10.9. The monoisotopic (exact) mass is 362 g/mol. The van der Waals surface area contributed by atoms with Crippen LogP contribution in [0.3, 0.4) is 0 Å². The topological polar surface area (TPSA) is 86.7 Å². The van der Waals surface area contributed by atoms with Gasteiger partial charge in [0.1, 0.15) is 17.0 Å². The molecule has 0 rings (SSSR count). The first-order valence-electron chi connectivity index (χ1n) is 7.92. The highest BCUT2D eigenvalue weighted by Crippen LogP contribution is 2.20. The van der Waals surface area contributed by atoms with Crippen LogP contribution in [0, 0.1) is 0 Å². The van der Waals surface area contributed by atoms with Gasteiger partial charge in [-0.3, -0.25) is 14.4 Å². The fourth-order valence-electron chi connectivity index (χ4n) is 1.83. The average Bonchev–Trinajstić information content (AvgIpc) is 2.41. The second-order valence-corrected chi connectivity index (χ2v) is 7.24. The Balaban J connectivity index is 4.30. The van der Waals surface area contributed by atoms with Gasteiger partial charge in [0.15, 0.2) is 5.78 Å². The minimum absolute atomic E-state index is 0.0392. The van der Waals surface area contributed by atoms with Crippen molar-refractivity contribution in [2.75, 3.05) is 6.61 Å². The molecule has 0 aromatic rings. The van der Waals surface area contributed by atoms with Crippen LogP contribution in [0.15, 0.2) is 0 Å². The Bertz CT molecular complexity index is 481. The summed E-state index contributed by atoms with van der Waals surface area (Å²) in [6.07, 6.45) is 0.602. The molecule has 24 heavy (non-hydrogen) atoms. The van der Waals surface area contributed by atoms with E-state index in [1.165, 1.54) is 6.92 Å². The van der Waals surface area contributed by atoms with Crippen LogP contribution in [-0.4, -0.2) is 40.6 Å². The first-order valence-corrected chi connectivity index (χ1v) is 8.30. The Morgan fingerprint density at radius 1 is 0.917 bits per heavy atom. The number of Topliss-reactive ketones (excluding diaryl/α,β-unsaturated/α-hetero) is 2. The van der Waals surface area contributed by atoms with Crippen LogP contribution in [-0.2, 0) is 28.7 Å². The van der Waals surface area contributed by atoms with E-state index in [2.05, 4.69) is 0 Å². The third kappa shape index (κ3) is 10.5. The molecule has 0 radical (unpaired) electrons. The van der Waals surface area contributed by atoms with Gasteiger partial charge in [0, 0.05) is 25.7 Å². The normalized spacial score (nSPS) is 11.9. The number of hydrogen-bond donors (Lipinski definition) is 0. The lowest BCUT2D eigenvalue weighted by Gasteiger charge is -2.28. The number of ether oxygens (including phenoxy) is 2. The van der Waals surface area contributed by atoms with E-state index in [1.807, 2.05) is 0 Å². The standard InChI is InChI=1S/C17H27ClO6/c1-12(19)6-7-13(20)17(4,5)23-11-10-16(2,3)24-15(22)9-8-14(18)21/h6-11H2,1-5H3. The minimum atomic E-state index is -0.999. The third-order valence-corrected chi connectivity index (χ3v) is 3.65. The quantitative estimate of drug-likeness (QED) is 0.392. The fraction of sp³-hybridized carbons (Fsp3) is 0.765. The maximum atomic E-state index is 12.0. The van der Waals surface area contributed by atoms with Crippen molar-refractivity contribution in [3.63, 3.8) is 0 Å². The first kappa shape index (κ1) is 22.7. The summed E-state index contributed by atoms with van der Waals surface area (Å²) in [6.45, 7) is 8.41. The number of esters is 1. The third-order valence-electron chi connectivity index (χ3n) is 3.46. The van der Waals surface area contributed by atoms with Gasteiger partial charge in [0.2, 0.25) is 5.24 Å². The van der Waals surface area contributed by atoms with Crippen LogP contribution in [0.1, 0.15) is 66.7 Å². The van der Waals surface area contributed by atoms with Gasteiger partial charge < -0.3 is 14.3 Å². The molecule has 0 saturated heterocycles. The van der Waals surface area contributed by atoms with Crippen molar-refractivity contribution in [1.82, 2.24) is 0 Å². The van der Waals surface area contributed by atoms with Crippen LogP contribution < -0.4 is 0 Å². The van der Waals surface area contributed by atoms with Gasteiger partial charge in [-0.2, -0.15) is 0 Å². The molecule has 0 spiro atoms. The van der Waals surface area contributed by atoms with E-state index in [4.69, 9.17) is 21.1 Å². The van der Waals surface area contributed by atoms with Crippen molar-refractivity contribution in [3.05, 3.63) is 0 Å². The zero-order valence-corrected chi connectivity index (χ0v) is 15.8. The lowest BCUT2D eigenvalue weighted by Crippen LogP contribution is -2.37. The molecule has 0 aromatic carbocycles. The highest BCUT2D eigenvalue weighted by Gasteiger charge is 2.30. The lowest BCUT2D eigenvalue weighted by molar-refractivity contribution is -0.161. The van der Waals surface area contributed by atoms with Crippen molar-refractivity contribution in [3.8, 4) is 0 Å². The zero-order valence-electron chi connectivity index (χ0n) is 15.1. The molecule has 0 heterocycles. The van der Waals surface area contributed by atoms with Crippen molar-refractivity contribution in [1.29, 1.82) is 0 Å². The Labute approximate surface area is 148 Å². The summed E-state index contributed by atoms with van der Waals surface area (Å²) >= 11 is 5.18. The van der Waals surface area contributed by atoms with Gasteiger partial charge in [0.05, 0.1) is 13.0 Å². The molecule has 0 aliphatic rings. The van der Waals surface area contributed by atoms with E-state index in [1.54, 1.807) is 27.7 Å². The van der Waals surface area contributed by atoms with Gasteiger partial charge in [-0.25, -0.2) is 0 Å². The Kier molecular flexibility index (Phi) is 9.37. The summed E-state index contributed by atoms with van der Waals surface area (Å²) in [7, 11) is 0. The van der Waals surface area contributed by atoms with Crippen molar-refractivity contribution in [2.45, 2.75) is 77.9 Å². The van der Waals surface area contributed by atoms with Gasteiger partial charge in [-0.15, -0.1) is 0 Å². The molecule has 0 aromatic heterocycles. The van der Waals surface area contributed by atoms with E-state index in [9.17, 15) is 19.2 Å². The Hall–Kier alpha value is -1.27. The molecule has 0 amide bonds. The number of ketones is 2. The van der Waals surface area contributed by atoms with Crippen molar-refractivity contribution < 1.29 is 28.7 Å². The lowest BCUT2D eigenvalue weighted by atomic mass is 9.98. The van der Waals surface area contributed by atoms with Crippen LogP contribution in [0.2, 0.25) is 0 Å². The van der Waals surface area contributed by atoms with Gasteiger partial charge in [-0.05, 0) is 46.2 Å². The predicted molar refractivity (Wildman–Crippen MR) is 89.8 cm³/mol. The molecule has 0 aliphatic heterocycles. The summed E-state index contributed by atoms with van der Waals surface area (Å²) in [5, 5.41) is -0.584. The van der Waals surface area contributed by atoms with E-state index in [0.29, 0.717) is 6.42 Å². The number of rotatable bonds is 12. The maximum Gasteiger partial charge on any atom is 0.306 e. The van der Waals surface area contributed by atoms with E-state index in [0.717, 1.165) is 0 Å². The van der Waals surface area contributed by atoms with Crippen LogP contribution in [0.25, 0.3) is 0 Å². The summed E-state index contributed by atoms with van der Waals surface area (Å²) in [6, 6.07) is 0. The van der Waals surface area contributed by atoms with Gasteiger partial charge >= 0.3 is 5.97 Å². The average molecular weight is 363 g/mol. The second-order valence-electron chi connectivity index (χ2n) is 6.82. The summed E-state index contributed by atoms with van der Waals surface area (Å²) < 4.78 is 10.9. The van der Waals surface area contributed by atoms with Crippen molar-refractivity contribution >= 4 is 34.4 Å². The Morgan fingerprint density at radius 3 is 2.00 bits per heavy atom. The second kappa shape index (κ2) is 9.89. The molecule has 0 atom stereocenters. The largest absolute Gasteiger partial charge is 0.460 e. The molecule has 0 N–H and O–H groups in total. The number of carbonyl (C=O) groups is 4. The molecule has 6 nitrogen and oxygen atoms in total. The fourth-order valence-corrected chi connectivity index (χ4v) is 1.93. The Morgan fingerprint density at radius 2 is 1.50 bits per heavy atom. The van der Waals surface area contributed by atoms with Gasteiger partial charge in [0.25, 0.3) is 0 Å². The molecular weight excluding hydrogens is 336 g/mol. The highest BCUT2D eigenvalue weighted by atomic mass is 35.5. The van der Waals surface area contributed by atoms with Crippen LogP contribution in [0.4, 0.5) is 0 Å². The maximum absolute atomic E-state index is 12.0. The SMILES string of the molecule is CC(=O)CCC(=O)C(C)(C)OCCC(C)(C)OC(=O)CCC(=O)Cl. The number of halogens is 1. The van der Waals surface area contributed by atoms with E-state index < -0.39 is 22.4 Å². The number of hydrogen-bond acceptors (Lipinski definition) is 6. The van der Waals surface area contributed by atoms with E-state index >= 15 is 0 Å². The molecule has 0 aliphatic carbocycles. The zero-order chi connectivity index (χ0) is 19.0. The molecule has 0 saturated carbocycles. The van der Waals surface area contributed by atoms with E-state index in [-0.39, 0.29) is 43.9 Å². The number of carbonyl (C=O) groups excluding carboxylic acids is 4. The molecular formula is C17H27ClO6. The van der Waals surface area contributed by atoms with Crippen LogP contribution in [0.5, 0.6) is 0 Å². The summed E-state index contributed by atoms with van der Waals surface area (Å²) in [5.74, 6) is -0.693. The predicted octanol–water partition coefficient (Wildman–Crippen LogP) is 2.98. The molecule has 7 heteroatoms.